The predicted octanol–water partition coefficient (Wildman–Crippen LogP) is 1.99. The first-order chi connectivity index (χ1) is 10.3. The number of piperidine rings is 1. The van der Waals surface area contributed by atoms with Crippen LogP contribution >= 0.6 is 0 Å². The van der Waals surface area contributed by atoms with E-state index in [0.717, 1.165) is 12.1 Å². The molecule has 0 radical (unpaired) electrons. The summed E-state index contributed by atoms with van der Waals surface area (Å²) < 4.78 is 0. The van der Waals surface area contributed by atoms with Crippen molar-refractivity contribution in [2.75, 3.05) is 39.8 Å². The number of rotatable bonds is 5. The molecule has 0 aromatic heterocycles. The molecule has 2 heterocycles. The fourth-order valence-electron chi connectivity index (χ4n) is 3.77. The second-order valence-electron chi connectivity index (χ2n) is 6.62. The van der Waals surface area contributed by atoms with E-state index in [9.17, 15) is 0 Å². The average Bonchev–Trinajstić information content (AvgIpc) is 3.08. The third-order valence-electron chi connectivity index (χ3n) is 5.30. The Hall–Kier alpha value is -0.900. The van der Waals surface area contributed by atoms with Gasteiger partial charge in [0.1, 0.15) is 0 Å². The normalized spacial score (nSPS) is 24.8. The average molecular weight is 287 g/mol. The van der Waals surface area contributed by atoms with E-state index in [2.05, 4.69) is 52.5 Å². The van der Waals surface area contributed by atoms with E-state index < -0.39 is 0 Å². The monoisotopic (exact) mass is 287 g/mol. The van der Waals surface area contributed by atoms with Gasteiger partial charge in [0.25, 0.3) is 0 Å². The maximum Gasteiger partial charge on any atom is 0.0232 e. The molecule has 0 amide bonds. The minimum atomic E-state index is 0.769. The molecule has 21 heavy (non-hydrogen) atoms. The van der Waals surface area contributed by atoms with Crippen LogP contribution in [0.2, 0.25) is 0 Å². The van der Waals surface area contributed by atoms with Gasteiger partial charge in [-0.25, -0.2) is 0 Å². The molecule has 0 bridgehead atoms. The summed E-state index contributed by atoms with van der Waals surface area (Å²) in [6.07, 6.45) is 5.18. The Bertz CT molecular complexity index is 406. The maximum atomic E-state index is 3.49. The number of likely N-dealkylation sites (tertiary alicyclic amines) is 1. The number of nitrogens with zero attached hydrogens (tertiary/aromatic N) is 2. The molecule has 2 aliphatic rings. The highest BCUT2D eigenvalue weighted by atomic mass is 15.2. The third-order valence-corrected chi connectivity index (χ3v) is 5.30. The van der Waals surface area contributed by atoms with E-state index in [1.807, 2.05) is 0 Å². The van der Waals surface area contributed by atoms with Crippen LogP contribution in [0.25, 0.3) is 0 Å². The molecule has 3 heteroatoms. The molecule has 0 spiro atoms. The maximum absolute atomic E-state index is 3.49. The van der Waals surface area contributed by atoms with Crippen molar-refractivity contribution in [3.05, 3.63) is 35.9 Å². The summed E-state index contributed by atoms with van der Waals surface area (Å²) in [5.74, 6) is 0. The second kappa shape index (κ2) is 7.39. The summed E-state index contributed by atoms with van der Waals surface area (Å²) in [7, 11) is 2.34. The standard InChI is InChI=1S/C18H29N3/c1-20(18-7-11-19-15-18)17-9-13-21(14-10-17)12-8-16-5-3-2-4-6-16/h2-6,17-19H,7-15H2,1H3. The van der Waals surface area contributed by atoms with Crippen LogP contribution in [0.1, 0.15) is 24.8 Å². The molecule has 3 rings (SSSR count). The Morgan fingerprint density at radius 3 is 2.52 bits per heavy atom. The van der Waals surface area contributed by atoms with Gasteiger partial charge in [-0.15, -0.1) is 0 Å². The van der Waals surface area contributed by atoms with Crippen LogP contribution < -0.4 is 5.32 Å². The smallest absolute Gasteiger partial charge is 0.0232 e. The quantitative estimate of drug-likeness (QED) is 0.893. The van der Waals surface area contributed by atoms with E-state index in [0.29, 0.717) is 0 Å². The van der Waals surface area contributed by atoms with Crippen LogP contribution in [0.4, 0.5) is 0 Å². The largest absolute Gasteiger partial charge is 0.315 e. The Balaban J connectivity index is 1.40. The van der Waals surface area contributed by atoms with Crippen molar-refractivity contribution in [1.82, 2.24) is 15.1 Å². The predicted molar refractivity (Wildman–Crippen MR) is 88.6 cm³/mol. The zero-order valence-corrected chi connectivity index (χ0v) is 13.3. The summed E-state index contributed by atoms with van der Waals surface area (Å²) in [5.41, 5.74) is 1.47. The Morgan fingerprint density at radius 2 is 1.86 bits per heavy atom. The minimum Gasteiger partial charge on any atom is -0.315 e. The first-order valence-corrected chi connectivity index (χ1v) is 8.52. The van der Waals surface area contributed by atoms with Crippen molar-refractivity contribution < 1.29 is 0 Å². The summed E-state index contributed by atoms with van der Waals surface area (Å²) in [4.78, 5) is 5.29. The lowest BCUT2D eigenvalue weighted by Gasteiger charge is -2.39. The number of hydrogen-bond donors (Lipinski definition) is 1. The molecule has 0 saturated carbocycles. The lowest BCUT2D eigenvalue weighted by molar-refractivity contribution is 0.102. The van der Waals surface area contributed by atoms with Gasteiger partial charge < -0.3 is 10.2 Å². The molecule has 1 atom stereocenters. The van der Waals surface area contributed by atoms with Crippen LogP contribution in [0.15, 0.2) is 30.3 Å². The molecule has 1 N–H and O–H groups in total. The fraction of sp³-hybridized carbons (Fsp3) is 0.667. The zero-order chi connectivity index (χ0) is 14.5. The van der Waals surface area contributed by atoms with Gasteiger partial charge in [0.2, 0.25) is 0 Å². The second-order valence-corrected chi connectivity index (χ2v) is 6.62. The fourth-order valence-corrected chi connectivity index (χ4v) is 3.77. The summed E-state index contributed by atoms with van der Waals surface area (Å²) >= 11 is 0. The molecule has 1 unspecified atom stereocenters. The Kier molecular flexibility index (Phi) is 5.28. The molecule has 3 nitrogen and oxygen atoms in total. The SMILES string of the molecule is CN(C1CCN(CCc2ccccc2)CC1)C1CCNC1. The first-order valence-electron chi connectivity index (χ1n) is 8.52. The minimum absolute atomic E-state index is 0.769. The first kappa shape index (κ1) is 15.0. The van der Waals surface area contributed by atoms with Crippen molar-refractivity contribution in [2.45, 2.75) is 37.8 Å². The van der Waals surface area contributed by atoms with Gasteiger partial charge in [-0.05, 0) is 57.9 Å². The third kappa shape index (κ3) is 4.06. The van der Waals surface area contributed by atoms with Gasteiger partial charge in [-0.3, -0.25) is 4.90 Å². The molecule has 2 aliphatic heterocycles. The van der Waals surface area contributed by atoms with Gasteiger partial charge in [0.05, 0.1) is 0 Å². The topological polar surface area (TPSA) is 18.5 Å². The van der Waals surface area contributed by atoms with E-state index in [-0.39, 0.29) is 0 Å². The number of benzene rings is 1. The van der Waals surface area contributed by atoms with Gasteiger partial charge in [0, 0.05) is 25.2 Å². The number of nitrogens with one attached hydrogen (secondary N) is 1. The van der Waals surface area contributed by atoms with Crippen LogP contribution in [0.3, 0.4) is 0 Å². The Labute approximate surface area is 129 Å². The van der Waals surface area contributed by atoms with Crippen molar-refractivity contribution in [3.63, 3.8) is 0 Å². The summed E-state index contributed by atoms with van der Waals surface area (Å²) in [6, 6.07) is 12.4. The highest BCUT2D eigenvalue weighted by Gasteiger charge is 2.28. The van der Waals surface area contributed by atoms with Gasteiger partial charge >= 0.3 is 0 Å². The highest BCUT2D eigenvalue weighted by Crippen LogP contribution is 2.20. The highest BCUT2D eigenvalue weighted by molar-refractivity contribution is 5.14. The molecular weight excluding hydrogens is 258 g/mol. The van der Waals surface area contributed by atoms with Crippen LogP contribution in [-0.4, -0.2) is 61.7 Å². The molecular formula is C18H29N3. The van der Waals surface area contributed by atoms with E-state index >= 15 is 0 Å². The lowest BCUT2D eigenvalue weighted by Crippen LogP contribution is -2.48. The van der Waals surface area contributed by atoms with Crippen LogP contribution in [-0.2, 0) is 6.42 Å². The van der Waals surface area contributed by atoms with E-state index in [1.54, 1.807) is 0 Å². The zero-order valence-electron chi connectivity index (χ0n) is 13.3. The van der Waals surface area contributed by atoms with Gasteiger partial charge in [0.15, 0.2) is 0 Å². The van der Waals surface area contributed by atoms with Crippen molar-refractivity contribution >= 4 is 0 Å². The molecule has 1 aromatic carbocycles. The summed E-state index contributed by atoms with van der Waals surface area (Å²) in [6.45, 7) is 6.13. The molecule has 0 aliphatic carbocycles. The number of hydrogen-bond acceptors (Lipinski definition) is 3. The van der Waals surface area contributed by atoms with Crippen molar-refractivity contribution in [3.8, 4) is 0 Å². The van der Waals surface area contributed by atoms with Crippen molar-refractivity contribution in [2.24, 2.45) is 0 Å². The van der Waals surface area contributed by atoms with Crippen LogP contribution in [0.5, 0.6) is 0 Å². The van der Waals surface area contributed by atoms with Gasteiger partial charge in [-0.2, -0.15) is 0 Å². The molecule has 2 fully saturated rings. The molecule has 116 valence electrons. The number of likely N-dealkylation sites (N-methyl/N-ethyl adjacent to an activating group) is 1. The van der Waals surface area contributed by atoms with E-state index in [1.165, 1.54) is 64.0 Å². The molecule has 2 saturated heterocycles. The van der Waals surface area contributed by atoms with Crippen molar-refractivity contribution in [1.29, 1.82) is 0 Å². The Morgan fingerprint density at radius 1 is 1.10 bits per heavy atom. The van der Waals surface area contributed by atoms with E-state index in [4.69, 9.17) is 0 Å². The van der Waals surface area contributed by atoms with Gasteiger partial charge in [-0.1, -0.05) is 30.3 Å². The molecule has 1 aromatic rings. The summed E-state index contributed by atoms with van der Waals surface area (Å²) in [5, 5.41) is 3.49. The lowest BCUT2D eigenvalue weighted by atomic mass is 10.0. The van der Waals surface area contributed by atoms with Crippen LogP contribution in [0, 0.1) is 0 Å².